The highest BCUT2D eigenvalue weighted by molar-refractivity contribution is 9.10. The van der Waals surface area contributed by atoms with Crippen LogP contribution < -0.4 is 5.32 Å². The molecule has 0 amide bonds. The van der Waals surface area contributed by atoms with Gasteiger partial charge >= 0.3 is 0 Å². The van der Waals surface area contributed by atoms with Crippen LogP contribution in [-0.4, -0.2) is 19.2 Å². The van der Waals surface area contributed by atoms with E-state index in [9.17, 15) is 4.39 Å². The van der Waals surface area contributed by atoms with E-state index in [1.165, 1.54) is 12.8 Å². The first kappa shape index (κ1) is 13.5. The van der Waals surface area contributed by atoms with E-state index in [0.717, 1.165) is 31.6 Å². The molecule has 0 aromatic heterocycles. The molecular formula is C15H19BrFNO. The van der Waals surface area contributed by atoms with Crippen molar-refractivity contribution >= 4 is 15.9 Å². The van der Waals surface area contributed by atoms with Gasteiger partial charge in [-0.05, 0) is 59.3 Å². The third kappa shape index (κ3) is 3.36. The average molecular weight is 328 g/mol. The summed E-state index contributed by atoms with van der Waals surface area (Å²) in [5.41, 5.74) is 0.961. The quantitative estimate of drug-likeness (QED) is 0.908. The van der Waals surface area contributed by atoms with Gasteiger partial charge in [-0.25, -0.2) is 4.39 Å². The summed E-state index contributed by atoms with van der Waals surface area (Å²) < 4.78 is 20.1. The molecule has 2 unspecified atom stereocenters. The number of nitrogens with one attached hydrogen (secondary N) is 1. The Morgan fingerprint density at radius 1 is 1.32 bits per heavy atom. The number of hydrogen-bond acceptors (Lipinski definition) is 2. The Hall–Kier alpha value is -0.450. The first-order valence-corrected chi connectivity index (χ1v) is 7.83. The van der Waals surface area contributed by atoms with E-state index in [1.807, 2.05) is 6.07 Å². The minimum absolute atomic E-state index is 0.0302. The lowest BCUT2D eigenvalue weighted by molar-refractivity contribution is -0.0280. The highest BCUT2D eigenvalue weighted by atomic mass is 79.9. The molecule has 0 spiro atoms. The molecule has 0 bridgehead atoms. The molecule has 1 heterocycles. The van der Waals surface area contributed by atoms with Crippen LogP contribution in [0.5, 0.6) is 0 Å². The number of ether oxygens (including phenoxy) is 1. The number of benzene rings is 1. The predicted molar refractivity (Wildman–Crippen MR) is 76.5 cm³/mol. The second kappa shape index (κ2) is 5.90. The SMILES string of the molecule is Fc1cc(C2OCCCC2CNC2CC2)ccc1Br. The number of halogens is 2. The number of rotatable bonds is 4. The van der Waals surface area contributed by atoms with Crippen molar-refractivity contribution in [3.63, 3.8) is 0 Å². The molecule has 1 saturated heterocycles. The zero-order valence-corrected chi connectivity index (χ0v) is 12.5. The maximum Gasteiger partial charge on any atom is 0.137 e. The Bertz CT molecular complexity index is 450. The Morgan fingerprint density at radius 3 is 2.89 bits per heavy atom. The first-order chi connectivity index (χ1) is 9.24. The van der Waals surface area contributed by atoms with Crippen LogP contribution in [0.1, 0.15) is 37.4 Å². The van der Waals surface area contributed by atoms with Crippen LogP contribution in [0.25, 0.3) is 0 Å². The van der Waals surface area contributed by atoms with Crippen LogP contribution >= 0.6 is 15.9 Å². The molecule has 2 aliphatic rings. The predicted octanol–water partition coefficient (Wildman–Crippen LogP) is 3.81. The van der Waals surface area contributed by atoms with Crippen LogP contribution in [-0.2, 0) is 4.74 Å². The molecule has 1 saturated carbocycles. The Labute approximate surface area is 121 Å². The molecule has 1 N–H and O–H groups in total. The van der Waals surface area contributed by atoms with Gasteiger partial charge < -0.3 is 10.1 Å². The molecule has 3 rings (SSSR count). The second-order valence-electron chi connectivity index (χ2n) is 5.55. The van der Waals surface area contributed by atoms with Crippen molar-refractivity contribution in [1.82, 2.24) is 5.32 Å². The van der Waals surface area contributed by atoms with Gasteiger partial charge in [0.25, 0.3) is 0 Å². The van der Waals surface area contributed by atoms with E-state index in [2.05, 4.69) is 21.2 Å². The summed E-state index contributed by atoms with van der Waals surface area (Å²) in [6.45, 7) is 1.76. The molecule has 4 heteroatoms. The minimum atomic E-state index is -0.208. The maximum absolute atomic E-state index is 13.7. The summed E-state index contributed by atoms with van der Waals surface area (Å²) >= 11 is 3.20. The van der Waals surface area contributed by atoms with Crippen LogP contribution in [0.4, 0.5) is 4.39 Å². The van der Waals surface area contributed by atoms with Gasteiger partial charge in [-0.1, -0.05) is 6.07 Å². The molecule has 1 aliphatic heterocycles. The van der Waals surface area contributed by atoms with E-state index in [0.29, 0.717) is 16.4 Å². The first-order valence-electron chi connectivity index (χ1n) is 7.04. The molecule has 19 heavy (non-hydrogen) atoms. The third-order valence-electron chi connectivity index (χ3n) is 3.96. The topological polar surface area (TPSA) is 21.3 Å². The van der Waals surface area contributed by atoms with Gasteiger partial charge in [-0.15, -0.1) is 0 Å². The van der Waals surface area contributed by atoms with Gasteiger partial charge in [0.15, 0.2) is 0 Å². The normalized spacial score (nSPS) is 27.5. The lowest BCUT2D eigenvalue weighted by Crippen LogP contribution is -2.32. The molecule has 1 aliphatic carbocycles. The van der Waals surface area contributed by atoms with Crippen molar-refractivity contribution in [3.8, 4) is 0 Å². The van der Waals surface area contributed by atoms with E-state index in [-0.39, 0.29) is 11.9 Å². The zero-order valence-electron chi connectivity index (χ0n) is 10.9. The Balaban J connectivity index is 1.72. The van der Waals surface area contributed by atoms with Crippen molar-refractivity contribution in [3.05, 3.63) is 34.1 Å². The van der Waals surface area contributed by atoms with Crippen molar-refractivity contribution in [2.45, 2.75) is 37.8 Å². The lowest BCUT2D eigenvalue weighted by Gasteiger charge is -2.32. The molecule has 1 aromatic rings. The third-order valence-corrected chi connectivity index (χ3v) is 4.61. The molecule has 2 atom stereocenters. The number of hydrogen-bond donors (Lipinski definition) is 1. The van der Waals surface area contributed by atoms with Crippen LogP contribution in [0, 0.1) is 11.7 Å². The fourth-order valence-corrected chi connectivity index (χ4v) is 2.96. The Morgan fingerprint density at radius 2 is 2.16 bits per heavy atom. The van der Waals surface area contributed by atoms with E-state index in [1.54, 1.807) is 12.1 Å². The van der Waals surface area contributed by atoms with Crippen LogP contribution in [0.15, 0.2) is 22.7 Å². The molecule has 1 aromatic carbocycles. The van der Waals surface area contributed by atoms with E-state index in [4.69, 9.17) is 4.74 Å². The van der Waals surface area contributed by atoms with Gasteiger partial charge in [-0.3, -0.25) is 0 Å². The highest BCUT2D eigenvalue weighted by Crippen LogP contribution is 2.35. The monoisotopic (exact) mass is 327 g/mol. The minimum Gasteiger partial charge on any atom is -0.373 e. The van der Waals surface area contributed by atoms with Gasteiger partial charge in [-0.2, -0.15) is 0 Å². The summed E-state index contributed by atoms with van der Waals surface area (Å²) in [5, 5.41) is 3.57. The molecule has 104 valence electrons. The fraction of sp³-hybridized carbons (Fsp3) is 0.600. The molecule has 0 radical (unpaired) electrons. The highest BCUT2D eigenvalue weighted by Gasteiger charge is 2.30. The largest absolute Gasteiger partial charge is 0.373 e. The standard InChI is InChI=1S/C15H19BrFNO/c16-13-6-3-10(8-14(13)17)15-11(2-1-7-19-15)9-18-12-4-5-12/h3,6,8,11-12,15,18H,1-2,4-5,7,9H2. The van der Waals surface area contributed by atoms with Crippen molar-refractivity contribution in [1.29, 1.82) is 0 Å². The summed E-state index contributed by atoms with van der Waals surface area (Å²) in [6, 6.07) is 6.05. The van der Waals surface area contributed by atoms with Gasteiger partial charge in [0.1, 0.15) is 5.82 Å². The fourth-order valence-electron chi connectivity index (χ4n) is 2.72. The maximum atomic E-state index is 13.7. The van der Waals surface area contributed by atoms with Gasteiger partial charge in [0, 0.05) is 25.1 Å². The summed E-state index contributed by atoms with van der Waals surface area (Å²) in [6.07, 6.45) is 4.88. The molecule has 2 fully saturated rings. The van der Waals surface area contributed by atoms with Gasteiger partial charge in [0.05, 0.1) is 10.6 Å². The Kier molecular flexibility index (Phi) is 4.20. The van der Waals surface area contributed by atoms with E-state index < -0.39 is 0 Å². The van der Waals surface area contributed by atoms with E-state index >= 15 is 0 Å². The van der Waals surface area contributed by atoms with Crippen molar-refractivity contribution in [2.24, 2.45) is 5.92 Å². The molecule has 2 nitrogen and oxygen atoms in total. The second-order valence-corrected chi connectivity index (χ2v) is 6.40. The summed E-state index contributed by atoms with van der Waals surface area (Å²) in [7, 11) is 0. The average Bonchev–Trinajstić information content (AvgIpc) is 3.24. The summed E-state index contributed by atoms with van der Waals surface area (Å²) in [5.74, 6) is 0.246. The smallest absolute Gasteiger partial charge is 0.137 e. The van der Waals surface area contributed by atoms with Crippen molar-refractivity contribution in [2.75, 3.05) is 13.2 Å². The lowest BCUT2D eigenvalue weighted by atomic mass is 9.89. The van der Waals surface area contributed by atoms with Crippen molar-refractivity contribution < 1.29 is 9.13 Å². The zero-order chi connectivity index (χ0) is 13.2. The van der Waals surface area contributed by atoms with Crippen LogP contribution in [0.3, 0.4) is 0 Å². The van der Waals surface area contributed by atoms with Crippen LogP contribution in [0.2, 0.25) is 0 Å². The van der Waals surface area contributed by atoms with Gasteiger partial charge in [0.2, 0.25) is 0 Å². The molecular weight excluding hydrogens is 309 g/mol. The summed E-state index contributed by atoms with van der Waals surface area (Å²) in [4.78, 5) is 0.